The Balaban J connectivity index is 2.82. The first kappa shape index (κ1) is 17.3. The van der Waals surface area contributed by atoms with Gasteiger partial charge in [0, 0.05) is 19.1 Å². The molecule has 0 spiro atoms. The van der Waals surface area contributed by atoms with Crippen LogP contribution in [0, 0.1) is 0 Å². The molecule has 2 N–H and O–H groups in total. The molecule has 0 fully saturated rings. The van der Waals surface area contributed by atoms with Crippen LogP contribution in [0.25, 0.3) is 0 Å². The number of carbonyl (C=O) groups excluding carboxylic acids is 1. The maximum atomic E-state index is 11.8. The van der Waals surface area contributed by atoms with Gasteiger partial charge in [-0.15, -0.1) is 0 Å². The largest absolute Gasteiger partial charge is 0.493 e. The minimum atomic E-state index is -0.563. The fraction of sp³-hybridized carbons (Fsp3) is 0.562. The second-order valence-electron chi connectivity index (χ2n) is 5.18. The van der Waals surface area contributed by atoms with Crippen LogP contribution in [-0.4, -0.2) is 31.7 Å². The number of amides is 1. The van der Waals surface area contributed by atoms with E-state index in [-0.39, 0.29) is 5.91 Å². The Bertz CT molecular complexity index is 461. The molecule has 1 atom stereocenters. The van der Waals surface area contributed by atoms with Crippen LogP contribution >= 0.6 is 0 Å². The molecule has 1 rings (SSSR count). The molecule has 118 valence electrons. The van der Waals surface area contributed by atoms with Gasteiger partial charge >= 0.3 is 0 Å². The fourth-order valence-corrected chi connectivity index (χ4v) is 1.81. The van der Waals surface area contributed by atoms with Gasteiger partial charge in [-0.25, -0.2) is 0 Å². The average Bonchev–Trinajstić information content (AvgIpc) is 2.45. The number of hydrogen-bond donors (Lipinski definition) is 2. The van der Waals surface area contributed by atoms with Gasteiger partial charge in [0.1, 0.15) is 0 Å². The van der Waals surface area contributed by atoms with Crippen LogP contribution in [-0.2, 0) is 11.3 Å². The van der Waals surface area contributed by atoms with Gasteiger partial charge < -0.3 is 20.1 Å². The summed E-state index contributed by atoms with van der Waals surface area (Å²) in [7, 11) is 1.59. The molecule has 0 aliphatic heterocycles. The zero-order valence-corrected chi connectivity index (χ0v) is 13.5. The van der Waals surface area contributed by atoms with Gasteiger partial charge in [0.2, 0.25) is 0 Å². The molecule has 1 amide bonds. The lowest BCUT2D eigenvalue weighted by Gasteiger charge is -2.17. The standard InChI is InChI=1S/C16H26N2O3/c1-6-17-16(19)12(4)21-15-9-13(10-18-11(2)3)7-8-14(15)20-5/h7-9,11-12,18H,6,10H2,1-5H3,(H,17,19). The fourth-order valence-electron chi connectivity index (χ4n) is 1.81. The summed E-state index contributed by atoms with van der Waals surface area (Å²) in [6, 6.07) is 6.16. The van der Waals surface area contributed by atoms with Crippen molar-refractivity contribution in [3.05, 3.63) is 23.8 Å². The summed E-state index contributed by atoms with van der Waals surface area (Å²) in [6.45, 7) is 9.12. The highest BCUT2D eigenvalue weighted by molar-refractivity contribution is 5.80. The molecule has 1 aromatic carbocycles. The summed E-state index contributed by atoms with van der Waals surface area (Å²) in [5.41, 5.74) is 1.09. The Hall–Kier alpha value is -1.75. The minimum absolute atomic E-state index is 0.134. The van der Waals surface area contributed by atoms with Crippen LogP contribution in [0.5, 0.6) is 11.5 Å². The third kappa shape index (κ3) is 5.63. The van der Waals surface area contributed by atoms with Crippen LogP contribution in [0.4, 0.5) is 0 Å². The average molecular weight is 294 g/mol. The monoisotopic (exact) mass is 294 g/mol. The molecular formula is C16H26N2O3. The van der Waals surface area contributed by atoms with Crippen LogP contribution < -0.4 is 20.1 Å². The summed E-state index contributed by atoms with van der Waals surface area (Å²) in [5.74, 6) is 1.07. The topological polar surface area (TPSA) is 59.6 Å². The van der Waals surface area contributed by atoms with E-state index >= 15 is 0 Å². The number of rotatable bonds is 8. The van der Waals surface area contributed by atoms with E-state index in [4.69, 9.17) is 9.47 Å². The maximum Gasteiger partial charge on any atom is 0.260 e. The molecule has 1 aromatic rings. The van der Waals surface area contributed by atoms with Crippen LogP contribution in [0.1, 0.15) is 33.3 Å². The van der Waals surface area contributed by atoms with Crippen molar-refractivity contribution in [2.75, 3.05) is 13.7 Å². The van der Waals surface area contributed by atoms with E-state index < -0.39 is 6.10 Å². The van der Waals surface area contributed by atoms with Gasteiger partial charge in [0.25, 0.3) is 5.91 Å². The Kier molecular flexibility index (Phi) is 7.02. The third-order valence-corrected chi connectivity index (χ3v) is 2.97. The van der Waals surface area contributed by atoms with E-state index in [1.807, 2.05) is 25.1 Å². The predicted molar refractivity (Wildman–Crippen MR) is 83.7 cm³/mol. The summed E-state index contributed by atoms with van der Waals surface area (Å²) < 4.78 is 11.0. The van der Waals surface area contributed by atoms with E-state index in [2.05, 4.69) is 24.5 Å². The molecule has 5 heteroatoms. The third-order valence-electron chi connectivity index (χ3n) is 2.97. The normalized spacial score (nSPS) is 12.1. The lowest BCUT2D eigenvalue weighted by atomic mass is 10.2. The molecule has 0 saturated heterocycles. The van der Waals surface area contributed by atoms with Crippen molar-refractivity contribution in [1.82, 2.24) is 10.6 Å². The highest BCUT2D eigenvalue weighted by Gasteiger charge is 2.16. The van der Waals surface area contributed by atoms with E-state index in [0.717, 1.165) is 12.1 Å². The number of ether oxygens (including phenoxy) is 2. The van der Waals surface area contributed by atoms with Crippen molar-refractivity contribution >= 4 is 5.91 Å². The summed E-state index contributed by atoms with van der Waals surface area (Å²) in [4.78, 5) is 11.8. The summed E-state index contributed by atoms with van der Waals surface area (Å²) >= 11 is 0. The smallest absolute Gasteiger partial charge is 0.260 e. The first-order chi connectivity index (χ1) is 9.97. The van der Waals surface area contributed by atoms with Gasteiger partial charge in [-0.2, -0.15) is 0 Å². The SMILES string of the molecule is CCNC(=O)C(C)Oc1cc(CNC(C)C)ccc1OC. The van der Waals surface area contributed by atoms with Crippen molar-refractivity contribution < 1.29 is 14.3 Å². The van der Waals surface area contributed by atoms with Gasteiger partial charge in [0.05, 0.1) is 7.11 Å². The second-order valence-corrected chi connectivity index (χ2v) is 5.18. The first-order valence-electron chi connectivity index (χ1n) is 7.32. The number of nitrogens with one attached hydrogen (secondary N) is 2. The molecule has 0 radical (unpaired) electrons. The number of carbonyl (C=O) groups is 1. The highest BCUT2D eigenvalue weighted by Crippen LogP contribution is 2.29. The number of likely N-dealkylation sites (N-methyl/N-ethyl adjacent to an activating group) is 1. The van der Waals surface area contributed by atoms with Crippen molar-refractivity contribution in [2.45, 2.75) is 46.4 Å². The molecule has 21 heavy (non-hydrogen) atoms. The van der Waals surface area contributed by atoms with E-state index in [1.54, 1.807) is 14.0 Å². The zero-order valence-electron chi connectivity index (χ0n) is 13.5. The Morgan fingerprint density at radius 1 is 1.24 bits per heavy atom. The lowest BCUT2D eigenvalue weighted by Crippen LogP contribution is -2.36. The Labute approximate surface area is 127 Å². The van der Waals surface area contributed by atoms with Crippen LogP contribution in [0.15, 0.2) is 18.2 Å². The lowest BCUT2D eigenvalue weighted by molar-refractivity contribution is -0.127. The molecule has 0 aliphatic carbocycles. The van der Waals surface area contributed by atoms with Gasteiger partial charge in [0.15, 0.2) is 17.6 Å². The molecule has 5 nitrogen and oxygen atoms in total. The number of methoxy groups -OCH3 is 1. The van der Waals surface area contributed by atoms with E-state index in [1.165, 1.54) is 0 Å². The van der Waals surface area contributed by atoms with Crippen molar-refractivity contribution in [3.63, 3.8) is 0 Å². The molecule has 0 bridgehead atoms. The Morgan fingerprint density at radius 2 is 1.95 bits per heavy atom. The molecule has 1 unspecified atom stereocenters. The van der Waals surface area contributed by atoms with E-state index in [9.17, 15) is 4.79 Å². The van der Waals surface area contributed by atoms with Crippen LogP contribution in [0.3, 0.4) is 0 Å². The first-order valence-corrected chi connectivity index (χ1v) is 7.32. The summed E-state index contributed by atoms with van der Waals surface area (Å²) in [5, 5.41) is 6.09. The van der Waals surface area contributed by atoms with Gasteiger partial charge in [-0.1, -0.05) is 19.9 Å². The quantitative estimate of drug-likeness (QED) is 0.771. The molecule has 0 aromatic heterocycles. The predicted octanol–water partition coefficient (Wildman–Crippen LogP) is 2.10. The second kappa shape index (κ2) is 8.52. The van der Waals surface area contributed by atoms with Crippen molar-refractivity contribution in [3.8, 4) is 11.5 Å². The maximum absolute atomic E-state index is 11.8. The number of benzene rings is 1. The van der Waals surface area contributed by atoms with Crippen LogP contribution in [0.2, 0.25) is 0 Å². The highest BCUT2D eigenvalue weighted by atomic mass is 16.5. The zero-order chi connectivity index (χ0) is 15.8. The Morgan fingerprint density at radius 3 is 2.52 bits per heavy atom. The van der Waals surface area contributed by atoms with E-state index in [0.29, 0.717) is 24.1 Å². The molecule has 0 saturated carbocycles. The molecule has 0 aliphatic rings. The van der Waals surface area contributed by atoms with Crippen molar-refractivity contribution in [2.24, 2.45) is 0 Å². The number of hydrogen-bond acceptors (Lipinski definition) is 4. The molecule has 0 heterocycles. The van der Waals surface area contributed by atoms with Crippen molar-refractivity contribution in [1.29, 1.82) is 0 Å². The minimum Gasteiger partial charge on any atom is -0.493 e. The van der Waals surface area contributed by atoms with Gasteiger partial charge in [-0.3, -0.25) is 4.79 Å². The summed E-state index contributed by atoms with van der Waals surface area (Å²) in [6.07, 6.45) is -0.563. The molecular weight excluding hydrogens is 268 g/mol. The van der Waals surface area contributed by atoms with Gasteiger partial charge in [-0.05, 0) is 31.5 Å².